The van der Waals surface area contributed by atoms with Gasteiger partial charge in [0.05, 0.1) is 6.42 Å². The summed E-state index contributed by atoms with van der Waals surface area (Å²) in [4.78, 5) is 14.6. The fraction of sp³-hybridized carbons (Fsp3) is 0.889. The fourth-order valence-electron chi connectivity index (χ4n) is 2.09. The minimum atomic E-state index is -0.563. The van der Waals surface area contributed by atoms with Crippen molar-refractivity contribution in [2.24, 2.45) is 11.1 Å². The van der Waals surface area contributed by atoms with E-state index in [1.165, 1.54) is 6.42 Å². The number of carbonyl (C=O) groups excluding carboxylic acids is 1. The highest BCUT2D eigenvalue weighted by Gasteiger charge is 2.33. The van der Waals surface area contributed by atoms with Crippen LogP contribution in [0.1, 0.15) is 38.5 Å². The van der Waals surface area contributed by atoms with Gasteiger partial charge in [-0.1, -0.05) is 19.3 Å². The van der Waals surface area contributed by atoms with E-state index in [4.69, 9.17) is 11.0 Å². The highest BCUT2D eigenvalue weighted by molar-refractivity contribution is 5.69. The van der Waals surface area contributed by atoms with Gasteiger partial charge < -0.3 is 10.6 Å². The molecule has 0 aliphatic heterocycles. The molecule has 1 fully saturated rings. The molecule has 76 valence electrons. The maximum absolute atomic E-state index is 10.9. The van der Waals surface area contributed by atoms with Crippen LogP contribution >= 0.6 is 0 Å². The zero-order chi connectivity index (χ0) is 9.73. The van der Waals surface area contributed by atoms with Crippen LogP contribution < -0.4 is 5.73 Å². The van der Waals surface area contributed by atoms with Gasteiger partial charge in [0.15, 0.2) is 0 Å². The fourth-order valence-corrected chi connectivity index (χ4v) is 2.09. The Bertz CT molecular complexity index is 176. The molecule has 3 N–H and O–H groups in total. The van der Waals surface area contributed by atoms with E-state index < -0.39 is 5.97 Å². The molecule has 0 bridgehead atoms. The summed E-state index contributed by atoms with van der Waals surface area (Å²) in [5.41, 5.74) is 5.54. The summed E-state index contributed by atoms with van der Waals surface area (Å²) in [6.45, 7) is 0.502. The van der Waals surface area contributed by atoms with Crippen LogP contribution in [0.4, 0.5) is 0 Å². The first-order valence-electron chi connectivity index (χ1n) is 4.77. The topological polar surface area (TPSA) is 72.6 Å². The van der Waals surface area contributed by atoms with E-state index in [0.717, 1.165) is 25.7 Å². The average molecular weight is 187 g/mol. The molecular weight excluding hydrogens is 170 g/mol. The number of rotatable bonds is 3. The Hall–Kier alpha value is -0.610. The second-order valence-corrected chi connectivity index (χ2v) is 3.90. The van der Waals surface area contributed by atoms with E-state index in [0.29, 0.717) is 6.54 Å². The molecule has 1 saturated carbocycles. The Morgan fingerprint density at radius 1 is 1.38 bits per heavy atom. The molecule has 0 heterocycles. The summed E-state index contributed by atoms with van der Waals surface area (Å²) >= 11 is 0. The Labute approximate surface area is 78.0 Å². The monoisotopic (exact) mass is 187 g/mol. The molecule has 1 aliphatic rings. The third kappa shape index (κ3) is 2.67. The van der Waals surface area contributed by atoms with Gasteiger partial charge in [-0.2, -0.15) is 5.26 Å². The van der Waals surface area contributed by atoms with Gasteiger partial charge in [0.1, 0.15) is 0 Å². The van der Waals surface area contributed by atoms with E-state index in [1.54, 1.807) is 0 Å². The van der Waals surface area contributed by atoms with Gasteiger partial charge in [-0.3, -0.25) is 0 Å². The smallest absolute Gasteiger partial charge is 0.330 e. The Morgan fingerprint density at radius 2 is 2.00 bits per heavy atom. The lowest BCUT2D eigenvalue weighted by molar-refractivity contribution is -0.236. The summed E-state index contributed by atoms with van der Waals surface area (Å²) in [7, 11) is 0. The Kier molecular flexibility index (Phi) is 3.69. The van der Waals surface area contributed by atoms with Crippen molar-refractivity contribution in [1.82, 2.24) is 0 Å². The molecule has 0 atom stereocenters. The summed E-state index contributed by atoms with van der Waals surface area (Å²) in [5, 5.41) is 8.19. The number of nitrogens with two attached hydrogens (primary N) is 1. The minimum absolute atomic E-state index is 0.113. The zero-order valence-corrected chi connectivity index (χ0v) is 7.79. The lowest BCUT2D eigenvalue weighted by Crippen LogP contribution is -2.35. The van der Waals surface area contributed by atoms with Crippen molar-refractivity contribution in [2.45, 2.75) is 38.5 Å². The molecule has 0 aromatic carbocycles. The van der Waals surface area contributed by atoms with Crippen LogP contribution in [0.5, 0.6) is 0 Å². The molecule has 0 spiro atoms. The van der Waals surface area contributed by atoms with E-state index in [2.05, 4.69) is 4.89 Å². The van der Waals surface area contributed by atoms with Crippen molar-refractivity contribution in [3.8, 4) is 0 Å². The molecule has 1 rings (SSSR count). The first-order valence-corrected chi connectivity index (χ1v) is 4.77. The van der Waals surface area contributed by atoms with Gasteiger partial charge in [0.2, 0.25) is 0 Å². The van der Waals surface area contributed by atoms with Crippen LogP contribution in [0.2, 0.25) is 0 Å². The van der Waals surface area contributed by atoms with E-state index >= 15 is 0 Å². The predicted molar refractivity (Wildman–Crippen MR) is 47.9 cm³/mol. The van der Waals surface area contributed by atoms with Gasteiger partial charge in [0.25, 0.3) is 0 Å². The molecule has 0 saturated heterocycles. The van der Waals surface area contributed by atoms with E-state index in [1.807, 2.05) is 0 Å². The van der Waals surface area contributed by atoms with Gasteiger partial charge >= 0.3 is 5.97 Å². The number of hydrogen-bond acceptors (Lipinski definition) is 4. The van der Waals surface area contributed by atoms with Crippen molar-refractivity contribution in [3.05, 3.63) is 0 Å². The second-order valence-electron chi connectivity index (χ2n) is 3.90. The molecule has 0 aromatic rings. The first-order chi connectivity index (χ1) is 6.22. The van der Waals surface area contributed by atoms with E-state index in [-0.39, 0.29) is 11.8 Å². The van der Waals surface area contributed by atoms with Crippen molar-refractivity contribution in [1.29, 1.82) is 0 Å². The van der Waals surface area contributed by atoms with Gasteiger partial charge in [-0.25, -0.2) is 4.79 Å². The molecular formula is C9H17NO3. The van der Waals surface area contributed by atoms with Crippen molar-refractivity contribution >= 4 is 5.97 Å². The van der Waals surface area contributed by atoms with Crippen LogP contribution in [0.3, 0.4) is 0 Å². The minimum Gasteiger partial charge on any atom is -0.330 e. The standard InChI is InChI=1S/C9H17NO3/c10-7-9(6-8(11)13-12)4-2-1-3-5-9/h12H,1-7,10H2. The van der Waals surface area contributed by atoms with Crippen molar-refractivity contribution in [3.63, 3.8) is 0 Å². The van der Waals surface area contributed by atoms with Gasteiger partial charge in [0, 0.05) is 0 Å². The average Bonchev–Trinajstić information content (AvgIpc) is 2.19. The molecule has 0 amide bonds. The predicted octanol–water partition coefficient (Wildman–Crippen LogP) is 1.30. The molecule has 13 heavy (non-hydrogen) atoms. The van der Waals surface area contributed by atoms with Crippen LogP contribution in [0, 0.1) is 5.41 Å². The lowest BCUT2D eigenvalue weighted by Gasteiger charge is -2.34. The molecule has 4 heteroatoms. The number of carbonyl (C=O) groups is 1. The lowest BCUT2D eigenvalue weighted by atomic mass is 9.72. The highest BCUT2D eigenvalue weighted by atomic mass is 17.1. The first kappa shape index (κ1) is 10.5. The molecule has 1 aliphatic carbocycles. The molecule has 0 radical (unpaired) electrons. The molecule has 0 aromatic heterocycles. The van der Waals surface area contributed by atoms with Crippen molar-refractivity contribution in [2.75, 3.05) is 6.54 Å². The maximum atomic E-state index is 10.9. The maximum Gasteiger partial charge on any atom is 0.342 e. The third-order valence-electron chi connectivity index (χ3n) is 2.97. The summed E-state index contributed by atoms with van der Waals surface area (Å²) in [6.07, 6.45) is 5.65. The number of hydrogen-bond donors (Lipinski definition) is 2. The Balaban J connectivity index is 2.52. The van der Waals surface area contributed by atoms with E-state index in [9.17, 15) is 4.79 Å². The van der Waals surface area contributed by atoms with Gasteiger partial charge in [-0.05, 0) is 24.8 Å². The van der Waals surface area contributed by atoms with Gasteiger partial charge in [-0.15, -0.1) is 0 Å². The summed E-state index contributed by atoms with van der Waals surface area (Å²) < 4.78 is 0. The second kappa shape index (κ2) is 4.58. The summed E-state index contributed by atoms with van der Waals surface area (Å²) in [6, 6.07) is 0. The summed E-state index contributed by atoms with van der Waals surface area (Å²) in [5.74, 6) is -0.563. The quantitative estimate of drug-likeness (QED) is 0.516. The third-order valence-corrected chi connectivity index (χ3v) is 2.97. The van der Waals surface area contributed by atoms with Crippen molar-refractivity contribution < 1.29 is 14.9 Å². The normalized spacial score (nSPS) is 21.1. The van der Waals surface area contributed by atoms with Crippen LogP contribution in [0.25, 0.3) is 0 Å². The molecule has 0 unspecified atom stereocenters. The zero-order valence-electron chi connectivity index (χ0n) is 7.79. The van der Waals surface area contributed by atoms with Crippen LogP contribution in [0.15, 0.2) is 0 Å². The largest absolute Gasteiger partial charge is 0.342 e. The van der Waals surface area contributed by atoms with Crippen LogP contribution in [-0.4, -0.2) is 17.8 Å². The van der Waals surface area contributed by atoms with Crippen LogP contribution in [-0.2, 0) is 9.68 Å². The Morgan fingerprint density at radius 3 is 2.46 bits per heavy atom. The SMILES string of the molecule is NCC1(CC(=O)OO)CCCCC1. The molecule has 4 nitrogen and oxygen atoms in total. The highest BCUT2D eigenvalue weighted by Crippen LogP contribution is 2.38.